The van der Waals surface area contributed by atoms with Crippen molar-refractivity contribution in [2.45, 2.75) is 24.9 Å². The highest BCUT2D eigenvalue weighted by atomic mass is 35.5. The smallest absolute Gasteiger partial charge is 0.313 e. The Balaban J connectivity index is 1.62. The van der Waals surface area contributed by atoms with Gasteiger partial charge in [0.15, 0.2) is 5.96 Å². The fourth-order valence-electron chi connectivity index (χ4n) is 3.89. The van der Waals surface area contributed by atoms with E-state index in [1.807, 2.05) is 24.3 Å². The summed E-state index contributed by atoms with van der Waals surface area (Å²) in [6.07, 6.45) is 1.26. The van der Waals surface area contributed by atoms with Crippen molar-refractivity contribution in [2.24, 2.45) is 16.5 Å². The normalized spacial score (nSPS) is 17.6. The molecule has 0 fully saturated rings. The lowest BCUT2D eigenvalue weighted by molar-refractivity contribution is -0.136. The summed E-state index contributed by atoms with van der Waals surface area (Å²) < 4.78 is 13.6. The summed E-state index contributed by atoms with van der Waals surface area (Å²) >= 11 is 5.65. The molecule has 1 aliphatic carbocycles. The highest BCUT2D eigenvalue weighted by molar-refractivity contribution is 6.39. The fourth-order valence-corrected chi connectivity index (χ4v) is 4.01. The first-order chi connectivity index (χ1) is 14.8. The number of rotatable bonds is 3. The number of nitrogens with zero attached hydrogens (tertiary/aromatic N) is 1. The zero-order valence-electron chi connectivity index (χ0n) is 16.3. The maximum Gasteiger partial charge on any atom is 0.313 e. The van der Waals surface area contributed by atoms with Crippen LogP contribution in [0.3, 0.4) is 0 Å². The Morgan fingerprint density at radius 2 is 1.94 bits per heavy atom. The number of carbonyl (C=O) groups excluding carboxylic acids is 2. The third-order valence-corrected chi connectivity index (χ3v) is 5.51. The lowest BCUT2D eigenvalue weighted by Crippen LogP contribution is -2.44. The number of aryl methyl sites for hydroxylation is 1. The second-order valence-corrected chi connectivity index (χ2v) is 7.66. The molecule has 0 bridgehead atoms. The van der Waals surface area contributed by atoms with Gasteiger partial charge >= 0.3 is 11.8 Å². The highest BCUT2D eigenvalue weighted by Gasteiger charge is 2.35. The first-order valence-electron chi connectivity index (χ1n) is 9.58. The van der Waals surface area contributed by atoms with Gasteiger partial charge in [-0.2, -0.15) is 0 Å². The minimum Gasteiger partial charge on any atom is -0.370 e. The van der Waals surface area contributed by atoms with Crippen LogP contribution in [0.4, 0.5) is 10.1 Å². The average Bonchev–Trinajstić information content (AvgIpc) is 3.11. The van der Waals surface area contributed by atoms with E-state index in [9.17, 15) is 14.0 Å². The van der Waals surface area contributed by atoms with Gasteiger partial charge < -0.3 is 27.1 Å². The molecule has 2 atom stereocenters. The van der Waals surface area contributed by atoms with Gasteiger partial charge in [0.1, 0.15) is 5.82 Å². The minimum absolute atomic E-state index is 0.0865. The molecule has 31 heavy (non-hydrogen) atoms. The van der Waals surface area contributed by atoms with E-state index in [1.54, 1.807) is 0 Å². The number of guanidine groups is 1. The van der Waals surface area contributed by atoms with Crippen LogP contribution in [0.5, 0.6) is 0 Å². The number of hydrogen-bond acceptors (Lipinski definition) is 3. The number of fused-ring (bicyclic) bond motifs is 3. The third-order valence-electron chi connectivity index (χ3n) is 5.20. The number of aromatic nitrogens is 1. The van der Waals surface area contributed by atoms with Crippen LogP contribution in [0.1, 0.15) is 23.7 Å². The molecular weight excluding hydrogens is 423 g/mol. The van der Waals surface area contributed by atoms with Crippen LogP contribution < -0.4 is 22.1 Å². The zero-order chi connectivity index (χ0) is 22.1. The van der Waals surface area contributed by atoms with Crippen molar-refractivity contribution in [3.63, 3.8) is 0 Å². The average molecular weight is 443 g/mol. The Morgan fingerprint density at radius 1 is 1.16 bits per heavy atom. The topological polar surface area (TPSA) is 138 Å². The molecular formula is C21H20ClFN6O2. The highest BCUT2D eigenvalue weighted by Crippen LogP contribution is 2.37. The molecule has 1 heterocycles. The van der Waals surface area contributed by atoms with E-state index in [-0.39, 0.29) is 16.7 Å². The number of anilines is 1. The van der Waals surface area contributed by atoms with Crippen molar-refractivity contribution in [1.29, 1.82) is 0 Å². The number of nitrogens with two attached hydrogens (primary N) is 2. The van der Waals surface area contributed by atoms with Crippen LogP contribution in [0.25, 0.3) is 10.9 Å². The van der Waals surface area contributed by atoms with Crippen molar-refractivity contribution in [1.82, 2.24) is 10.3 Å². The molecule has 0 radical (unpaired) electrons. The largest absolute Gasteiger partial charge is 0.370 e. The summed E-state index contributed by atoms with van der Waals surface area (Å²) in [5, 5.41) is 5.94. The molecule has 0 saturated carbocycles. The van der Waals surface area contributed by atoms with Gasteiger partial charge in [0.2, 0.25) is 0 Å². The van der Waals surface area contributed by atoms with Crippen LogP contribution in [0, 0.1) is 5.82 Å². The van der Waals surface area contributed by atoms with Crippen molar-refractivity contribution in [3.8, 4) is 0 Å². The van der Waals surface area contributed by atoms with Gasteiger partial charge in [0.25, 0.3) is 0 Å². The second-order valence-electron chi connectivity index (χ2n) is 7.26. The van der Waals surface area contributed by atoms with Crippen molar-refractivity contribution >= 4 is 46.0 Å². The standard InChI is InChI=1S/C21H20ClFN6O2/c22-12-6-5-10(9-13(12)23)26-19(30)20(31)29-18-16(28-21(24)25)8-7-15-17(18)11-3-1-2-4-14(11)27-15/h1-6,9,16,18,27H,7-8H2,(H,26,30)(H,29,31)(H4,24,25,28)/t16-,18+/m0/s1. The first kappa shape index (κ1) is 20.7. The number of para-hydroxylation sites is 1. The van der Waals surface area contributed by atoms with Gasteiger partial charge in [0.05, 0.1) is 17.1 Å². The van der Waals surface area contributed by atoms with Gasteiger partial charge in [-0.25, -0.2) is 9.38 Å². The molecule has 8 nitrogen and oxygen atoms in total. The summed E-state index contributed by atoms with van der Waals surface area (Å²) in [6.45, 7) is 0. The van der Waals surface area contributed by atoms with E-state index >= 15 is 0 Å². The second kappa shape index (κ2) is 8.27. The van der Waals surface area contributed by atoms with E-state index in [0.717, 1.165) is 28.2 Å². The molecule has 3 aromatic rings. The third kappa shape index (κ3) is 4.17. The van der Waals surface area contributed by atoms with Crippen molar-refractivity contribution in [3.05, 3.63) is 64.6 Å². The Hall–Kier alpha value is -3.59. The number of aromatic amines is 1. The molecule has 0 spiro atoms. The van der Waals surface area contributed by atoms with E-state index in [2.05, 4.69) is 20.6 Å². The molecule has 0 unspecified atom stereocenters. The number of nitrogens with one attached hydrogen (secondary N) is 3. The first-order valence-corrected chi connectivity index (χ1v) is 9.96. The number of aliphatic imine (C=N–C) groups is 1. The minimum atomic E-state index is -0.947. The number of amides is 2. The Kier molecular flexibility index (Phi) is 5.51. The molecule has 2 amide bonds. The van der Waals surface area contributed by atoms with E-state index in [0.29, 0.717) is 12.8 Å². The summed E-state index contributed by atoms with van der Waals surface area (Å²) in [5.74, 6) is -2.65. The number of benzene rings is 2. The molecule has 4 rings (SSSR count). The monoisotopic (exact) mass is 442 g/mol. The predicted octanol–water partition coefficient (Wildman–Crippen LogP) is 2.34. The fraction of sp³-hybridized carbons (Fsp3) is 0.190. The Bertz CT molecular complexity index is 1200. The molecule has 2 aromatic carbocycles. The number of H-pyrrole nitrogens is 1. The molecule has 1 aliphatic rings. The van der Waals surface area contributed by atoms with Gasteiger partial charge in [0, 0.05) is 27.8 Å². The summed E-state index contributed by atoms with van der Waals surface area (Å²) in [7, 11) is 0. The quantitative estimate of drug-likeness (QED) is 0.241. The number of carbonyl (C=O) groups is 2. The Morgan fingerprint density at radius 3 is 2.68 bits per heavy atom. The maximum atomic E-state index is 13.6. The van der Waals surface area contributed by atoms with Gasteiger partial charge in [-0.15, -0.1) is 0 Å². The molecule has 0 aliphatic heterocycles. The van der Waals surface area contributed by atoms with E-state index < -0.39 is 29.7 Å². The predicted molar refractivity (Wildman–Crippen MR) is 117 cm³/mol. The van der Waals surface area contributed by atoms with Gasteiger partial charge in [-0.3, -0.25) is 9.59 Å². The zero-order valence-corrected chi connectivity index (χ0v) is 17.0. The molecule has 7 N–H and O–H groups in total. The van der Waals surface area contributed by atoms with E-state index in [4.69, 9.17) is 23.1 Å². The van der Waals surface area contributed by atoms with Crippen LogP contribution in [-0.2, 0) is 16.0 Å². The molecule has 1 aromatic heterocycles. The van der Waals surface area contributed by atoms with Crippen molar-refractivity contribution < 1.29 is 14.0 Å². The number of halogens is 2. The van der Waals surface area contributed by atoms with Crippen LogP contribution in [0.15, 0.2) is 47.5 Å². The summed E-state index contributed by atoms with van der Waals surface area (Å²) in [4.78, 5) is 32.8. The molecule has 160 valence electrons. The van der Waals surface area contributed by atoms with Crippen LogP contribution >= 0.6 is 11.6 Å². The Labute approximate surface area is 181 Å². The number of hydrogen-bond donors (Lipinski definition) is 5. The van der Waals surface area contributed by atoms with Crippen LogP contribution in [0.2, 0.25) is 5.02 Å². The lowest BCUT2D eigenvalue weighted by Gasteiger charge is -2.30. The van der Waals surface area contributed by atoms with Gasteiger partial charge in [-0.05, 0) is 37.1 Å². The van der Waals surface area contributed by atoms with Crippen LogP contribution in [-0.4, -0.2) is 28.8 Å². The lowest BCUT2D eigenvalue weighted by atomic mass is 9.86. The SMILES string of the molecule is NC(N)=N[C@H]1CCc2[nH]c3ccccc3c2[C@@H]1NC(=O)C(=O)Nc1ccc(Cl)c(F)c1. The van der Waals surface area contributed by atoms with Crippen molar-refractivity contribution in [2.75, 3.05) is 5.32 Å². The molecule has 10 heteroatoms. The van der Waals surface area contributed by atoms with E-state index in [1.165, 1.54) is 12.1 Å². The van der Waals surface area contributed by atoms with Gasteiger partial charge in [-0.1, -0.05) is 29.8 Å². The molecule has 0 saturated heterocycles. The summed E-state index contributed by atoms with van der Waals surface area (Å²) in [5.41, 5.74) is 14.0. The summed E-state index contributed by atoms with van der Waals surface area (Å²) in [6, 6.07) is 10.3. The maximum absolute atomic E-state index is 13.6.